The van der Waals surface area contributed by atoms with Crippen LogP contribution in [0.5, 0.6) is 0 Å². The fourth-order valence-electron chi connectivity index (χ4n) is 6.40. The van der Waals surface area contributed by atoms with Crippen molar-refractivity contribution in [1.82, 2.24) is 15.1 Å². The molecule has 6 atom stereocenters. The normalized spacial score (nSPS) is 33.4. The molecule has 10 nitrogen and oxygen atoms in total. The smallest absolute Gasteiger partial charge is 0.306 e. The molecule has 0 aromatic heterocycles. The summed E-state index contributed by atoms with van der Waals surface area (Å²) in [5.74, 6) is -3.23. The zero-order valence-corrected chi connectivity index (χ0v) is 22.9. The van der Waals surface area contributed by atoms with E-state index >= 15 is 0 Å². The van der Waals surface area contributed by atoms with Crippen molar-refractivity contribution in [1.29, 1.82) is 0 Å². The van der Waals surface area contributed by atoms with Crippen molar-refractivity contribution in [2.45, 2.75) is 62.9 Å². The summed E-state index contributed by atoms with van der Waals surface area (Å²) in [5.41, 5.74) is -0.585. The van der Waals surface area contributed by atoms with Gasteiger partial charge in [-0.2, -0.15) is 0 Å². The minimum Gasteiger partial charge on any atom is -0.463 e. The van der Waals surface area contributed by atoms with Gasteiger partial charge in [-0.25, -0.2) is 0 Å². The summed E-state index contributed by atoms with van der Waals surface area (Å²) in [6, 6.07) is 7.52. The van der Waals surface area contributed by atoms with Crippen LogP contribution in [0, 0.1) is 11.8 Å². The summed E-state index contributed by atoms with van der Waals surface area (Å²) in [7, 11) is 0. The summed E-state index contributed by atoms with van der Waals surface area (Å²) in [4.78, 5) is 57.8. The Morgan fingerprint density at radius 3 is 2.60 bits per heavy atom. The van der Waals surface area contributed by atoms with E-state index in [-0.39, 0.29) is 50.0 Å². The Kier molecular flexibility index (Phi) is 8.09. The summed E-state index contributed by atoms with van der Waals surface area (Å²) in [6.45, 7) is 4.18. The molecule has 0 radical (unpaired) electrons. The van der Waals surface area contributed by atoms with Gasteiger partial charge in [0, 0.05) is 32.2 Å². The lowest BCUT2D eigenvalue weighted by Crippen LogP contribution is -2.56. The second kappa shape index (κ2) is 11.5. The number of aliphatic hydroxyl groups is 1. The number of allylic oxidation sites excluding steroid dienone is 1. The third kappa shape index (κ3) is 4.94. The van der Waals surface area contributed by atoms with Gasteiger partial charge in [0.05, 0.1) is 24.0 Å². The number of aliphatic hydroxyl groups excluding tert-OH is 1. The number of nitrogens with zero attached hydrogens (tertiary/aromatic N) is 2. The molecule has 0 bridgehead atoms. The predicted octanol–water partition coefficient (Wildman–Crippen LogP) is 1.51. The number of likely N-dealkylation sites (tertiary alicyclic amines) is 1. The number of benzene rings is 1. The van der Waals surface area contributed by atoms with E-state index in [1.807, 2.05) is 50.3 Å². The number of ether oxygens (including phenoxy) is 2. The van der Waals surface area contributed by atoms with Crippen molar-refractivity contribution in [3.05, 3.63) is 60.2 Å². The molecule has 1 spiro atoms. The number of cyclic esters (lactones) is 1. The van der Waals surface area contributed by atoms with Gasteiger partial charge in [0.1, 0.15) is 18.2 Å². The standard InChI is InChI=1S/C30H37N3O7/c1-19(2)32-15-8-14-30-25(28(37)33(16-9-17-34)26(30)29(32)38)24-22(40-30)12-6-7-13-23(35)39-18-21(31-27(24)36)20-10-4-3-5-11-20/h3-6,8,10-12,14,19,21-22,24-26,34H,7,9,13,15-18H2,1-2H3,(H,31,36)/b12-6-/t21-,22+,24-,25-,26+,30-/m1/s1. The highest BCUT2D eigenvalue weighted by Crippen LogP contribution is 2.53. The van der Waals surface area contributed by atoms with Crippen molar-refractivity contribution in [3.63, 3.8) is 0 Å². The Morgan fingerprint density at radius 1 is 1.10 bits per heavy atom. The van der Waals surface area contributed by atoms with Crippen LogP contribution in [0.25, 0.3) is 0 Å². The largest absolute Gasteiger partial charge is 0.463 e. The van der Waals surface area contributed by atoms with Crippen molar-refractivity contribution >= 4 is 23.7 Å². The molecular weight excluding hydrogens is 514 g/mol. The molecule has 2 fully saturated rings. The molecule has 0 unspecified atom stereocenters. The molecule has 4 heterocycles. The van der Waals surface area contributed by atoms with Gasteiger partial charge in [0.25, 0.3) is 0 Å². The number of amides is 3. The van der Waals surface area contributed by atoms with E-state index in [9.17, 15) is 24.3 Å². The summed E-state index contributed by atoms with van der Waals surface area (Å²) < 4.78 is 12.1. The first kappa shape index (κ1) is 28.0. The van der Waals surface area contributed by atoms with Gasteiger partial charge >= 0.3 is 5.97 Å². The van der Waals surface area contributed by atoms with Crippen LogP contribution in [0.1, 0.15) is 44.7 Å². The average molecular weight is 552 g/mol. The van der Waals surface area contributed by atoms with E-state index < -0.39 is 41.5 Å². The molecule has 4 aliphatic rings. The summed E-state index contributed by atoms with van der Waals surface area (Å²) in [6.07, 6.45) is 7.21. The van der Waals surface area contributed by atoms with E-state index in [4.69, 9.17) is 9.47 Å². The average Bonchev–Trinajstić information content (AvgIpc) is 3.31. The lowest BCUT2D eigenvalue weighted by atomic mass is 9.77. The number of hydrogen-bond donors (Lipinski definition) is 2. The van der Waals surface area contributed by atoms with Gasteiger partial charge in [-0.05, 0) is 32.3 Å². The van der Waals surface area contributed by atoms with E-state index in [2.05, 4.69) is 5.32 Å². The third-order valence-electron chi connectivity index (χ3n) is 8.28. The van der Waals surface area contributed by atoms with Crippen LogP contribution in [0.15, 0.2) is 54.6 Å². The third-order valence-corrected chi connectivity index (χ3v) is 8.28. The molecule has 214 valence electrons. The highest BCUT2D eigenvalue weighted by atomic mass is 16.5. The maximum absolute atomic E-state index is 14.1. The van der Waals surface area contributed by atoms with Crippen molar-refractivity contribution < 1.29 is 33.8 Å². The minimum atomic E-state index is -1.35. The fraction of sp³-hybridized carbons (Fsp3) is 0.533. The number of carbonyl (C=O) groups excluding carboxylic acids is 4. The van der Waals surface area contributed by atoms with Crippen molar-refractivity contribution in [2.24, 2.45) is 11.8 Å². The van der Waals surface area contributed by atoms with E-state index in [0.717, 1.165) is 5.56 Å². The molecule has 10 heteroatoms. The predicted molar refractivity (Wildman–Crippen MR) is 144 cm³/mol. The molecule has 1 aromatic rings. The molecule has 5 rings (SSSR count). The molecule has 4 aliphatic heterocycles. The first-order chi connectivity index (χ1) is 19.3. The number of nitrogens with one attached hydrogen (secondary N) is 1. The Morgan fingerprint density at radius 2 is 1.88 bits per heavy atom. The lowest BCUT2D eigenvalue weighted by molar-refractivity contribution is -0.149. The zero-order valence-electron chi connectivity index (χ0n) is 22.9. The number of fused-ring (bicyclic) bond motifs is 2. The first-order valence-corrected chi connectivity index (χ1v) is 14.0. The highest BCUT2D eigenvalue weighted by Gasteiger charge is 2.71. The van der Waals surface area contributed by atoms with Crippen LogP contribution in [0.4, 0.5) is 0 Å². The van der Waals surface area contributed by atoms with E-state index in [0.29, 0.717) is 19.4 Å². The van der Waals surface area contributed by atoms with E-state index in [1.54, 1.807) is 23.1 Å². The number of carbonyl (C=O) groups is 4. The molecule has 0 saturated carbocycles. The van der Waals surface area contributed by atoms with Crippen molar-refractivity contribution in [3.8, 4) is 0 Å². The molecule has 2 saturated heterocycles. The fourth-order valence-corrected chi connectivity index (χ4v) is 6.40. The second-order valence-corrected chi connectivity index (χ2v) is 11.1. The number of rotatable bonds is 5. The van der Waals surface area contributed by atoms with Crippen LogP contribution >= 0.6 is 0 Å². The molecule has 1 aromatic carbocycles. The van der Waals surface area contributed by atoms with E-state index in [1.165, 1.54) is 4.90 Å². The maximum Gasteiger partial charge on any atom is 0.306 e. The SMILES string of the molecule is CC(C)N1CC=C[C@@]23O[C@H]4/C=C\CCC(=O)OC[C@H](c5ccccc5)NC(=O)[C@H]4[C@@H]2C(=O)N(CCCO)[C@H]3C1=O. The maximum atomic E-state index is 14.1. The summed E-state index contributed by atoms with van der Waals surface area (Å²) in [5, 5.41) is 12.6. The van der Waals surface area contributed by atoms with Crippen LogP contribution in [0.2, 0.25) is 0 Å². The van der Waals surface area contributed by atoms with Crippen LogP contribution in [-0.4, -0.2) is 88.7 Å². The molecular formula is C30H37N3O7. The highest BCUT2D eigenvalue weighted by molar-refractivity contribution is 5.99. The first-order valence-electron chi connectivity index (χ1n) is 14.0. The van der Waals surface area contributed by atoms with Gasteiger partial charge < -0.3 is 29.7 Å². The van der Waals surface area contributed by atoms with Crippen LogP contribution in [-0.2, 0) is 28.7 Å². The van der Waals surface area contributed by atoms with Gasteiger partial charge in [0.15, 0.2) is 0 Å². The Labute approximate surface area is 234 Å². The Bertz CT molecular complexity index is 1200. The number of esters is 1. The monoisotopic (exact) mass is 551 g/mol. The zero-order chi connectivity index (χ0) is 28.4. The van der Waals surface area contributed by atoms with Gasteiger partial charge in [0.2, 0.25) is 17.7 Å². The molecule has 40 heavy (non-hydrogen) atoms. The second-order valence-electron chi connectivity index (χ2n) is 11.1. The van der Waals surface area contributed by atoms with Gasteiger partial charge in [-0.3, -0.25) is 19.2 Å². The molecule has 3 amide bonds. The lowest BCUT2D eigenvalue weighted by Gasteiger charge is -2.36. The minimum absolute atomic E-state index is 0.0483. The quantitative estimate of drug-likeness (QED) is 0.420. The Balaban J connectivity index is 1.58. The van der Waals surface area contributed by atoms with Crippen LogP contribution < -0.4 is 5.32 Å². The van der Waals surface area contributed by atoms with Crippen molar-refractivity contribution in [2.75, 3.05) is 26.3 Å². The molecule has 0 aliphatic carbocycles. The topological polar surface area (TPSA) is 125 Å². The van der Waals surface area contributed by atoms with Gasteiger partial charge in [-0.15, -0.1) is 0 Å². The number of hydrogen-bond acceptors (Lipinski definition) is 7. The summed E-state index contributed by atoms with van der Waals surface area (Å²) >= 11 is 0. The molecule has 2 N–H and O–H groups in total. The van der Waals surface area contributed by atoms with Crippen LogP contribution in [0.3, 0.4) is 0 Å². The Hall–Kier alpha value is -3.50. The van der Waals surface area contributed by atoms with Gasteiger partial charge in [-0.1, -0.05) is 54.6 Å².